The molecule has 2 rings (SSSR count). The van der Waals surface area contributed by atoms with Crippen LogP contribution in [0.4, 0.5) is 8.78 Å². The van der Waals surface area contributed by atoms with Gasteiger partial charge < -0.3 is 10.1 Å². The summed E-state index contributed by atoms with van der Waals surface area (Å²) in [7, 11) is 9.84. The predicted octanol–water partition coefficient (Wildman–Crippen LogP) is -3.88. The summed E-state index contributed by atoms with van der Waals surface area (Å²) in [4.78, 5) is 0. The zero-order valence-corrected chi connectivity index (χ0v) is 11.4. The first-order valence-corrected chi connectivity index (χ1v) is 6.03. The minimum atomic E-state index is -0.933. The van der Waals surface area contributed by atoms with Gasteiger partial charge in [-0.3, -0.25) is 0 Å². The summed E-state index contributed by atoms with van der Waals surface area (Å²) in [6.07, 6.45) is 0. The third-order valence-corrected chi connectivity index (χ3v) is 4.24. The molecule has 0 spiro atoms. The lowest BCUT2D eigenvalue weighted by molar-refractivity contribution is 0.0149. The van der Waals surface area contributed by atoms with E-state index in [2.05, 4.69) is 5.32 Å². The highest BCUT2D eigenvalue weighted by atomic mass is 19.2. The van der Waals surface area contributed by atoms with Crippen LogP contribution in [-0.4, -0.2) is 55.4 Å². The minimum absolute atomic E-state index is 0.0415. The van der Waals surface area contributed by atoms with E-state index in [1.165, 1.54) is 12.1 Å². The molecule has 0 radical (unpaired) electrons. The standard InChI is InChI=1S/C9H14B5F2NO/c10-7(8(11,12)17-9(7,13)14)18-5-3-1-2-4(15)6(5)16/h1-3,17H,10-14H2. The molecule has 18 heavy (non-hydrogen) atoms. The molecule has 1 aromatic rings. The van der Waals surface area contributed by atoms with E-state index in [1.807, 2.05) is 39.2 Å². The molecule has 0 amide bonds. The fourth-order valence-electron chi connectivity index (χ4n) is 2.78. The van der Waals surface area contributed by atoms with Gasteiger partial charge >= 0.3 is 0 Å². The van der Waals surface area contributed by atoms with E-state index in [4.69, 9.17) is 4.74 Å². The summed E-state index contributed by atoms with van der Waals surface area (Å²) >= 11 is 0. The van der Waals surface area contributed by atoms with Gasteiger partial charge in [-0.1, -0.05) is 6.07 Å². The Kier molecular flexibility index (Phi) is 2.89. The lowest BCUT2D eigenvalue weighted by Gasteiger charge is -2.67. The van der Waals surface area contributed by atoms with Crippen LogP contribution in [-0.2, 0) is 0 Å². The van der Waals surface area contributed by atoms with Crippen LogP contribution in [0.2, 0.25) is 0 Å². The van der Waals surface area contributed by atoms with Crippen LogP contribution in [0.5, 0.6) is 5.75 Å². The summed E-state index contributed by atoms with van der Waals surface area (Å²) in [5.74, 6) is -1.86. The maximum absolute atomic E-state index is 13.7. The van der Waals surface area contributed by atoms with E-state index >= 15 is 0 Å². The van der Waals surface area contributed by atoms with E-state index in [0.717, 1.165) is 6.07 Å². The molecule has 0 unspecified atom stereocenters. The average molecular weight is 244 g/mol. The van der Waals surface area contributed by atoms with Crippen LogP contribution in [0, 0.1) is 11.6 Å². The molecule has 2 nitrogen and oxygen atoms in total. The molecular formula is C9H14B5F2NO. The Morgan fingerprint density at radius 1 is 1.00 bits per heavy atom. The van der Waals surface area contributed by atoms with E-state index in [9.17, 15) is 8.78 Å². The van der Waals surface area contributed by atoms with Gasteiger partial charge in [0.1, 0.15) is 31.4 Å². The maximum atomic E-state index is 13.7. The van der Waals surface area contributed by atoms with Crippen LogP contribution >= 0.6 is 0 Å². The molecular weight excluding hydrogens is 230 g/mol. The van der Waals surface area contributed by atoms with Gasteiger partial charge in [-0.05, 0) is 22.8 Å². The monoisotopic (exact) mass is 245 g/mol. The zero-order chi connectivity index (χ0) is 13.8. The number of ether oxygens (including phenoxy) is 1. The van der Waals surface area contributed by atoms with Gasteiger partial charge in [-0.15, -0.1) is 0 Å². The van der Waals surface area contributed by atoms with E-state index in [1.54, 1.807) is 0 Å². The van der Waals surface area contributed by atoms with E-state index in [0.29, 0.717) is 0 Å². The van der Waals surface area contributed by atoms with Crippen molar-refractivity contribution in [3.8, 4) is 5.75 Å². The first kappa shape index (κ1) is 13.6. The minimum Gasteiger partial charge on any atom is -0.493 e. The SMILES string of the molecule is BC1(B)NC(B)(B)C1(B)Oc1cccc(F)c1F. The first-order chi connectivity index (χ1) is 8.11. The van der Waals surface area contributed by atoms with Gasteiger partial charge in [0.25, 0.3) is 0 Å². The van der Waals surface area contributed by atoms with Crippen molar-refractivity contribution in [2.24, 2.45) is 0 Å². The molecule has 0 aliphatic carbocycles. The Balaban J connectivity index is 2.36. The Morgan fingerprint density at radius 3 is 2.06 bits per heavy atom. The Labute approximate surface area is 110 Å². The van der Waals surface area contributed by atoms with Gasteiger partial charge in [0.15, 0.2) is 19.4 Å². The number of rotatable bonds is 2. The fourth-order valence-corrected chi connectivity index (χ4v) is 2.78. The third-order valence-electron chi connectivity index (χ3n) is 4.24. The molecule has 0 saturated carbocycles. The van der Waals surface area contributed by atoms with Gasteiger partial charge in [-0.2, -0.15) is 4.39 Å². The molecule has 1 saturated heterocycles. The number of hydrogen-bond donors (Lipinski definition) is 1. The summed E-state index contributed by atoms with van der Waals surface area (Å²) < 4.78 is 32.7. The molecule has 1 fully saturated rings. The molecule has 1 heterocycles. The summed E-state index contributed by atoms with van der Waals surface area (Å²) in [5, 5.41) is 2.74. The highest BCUT2D eigenvalue weighted by Crippen LogP contribution is 2.39. The van der Waals surface area contributed by atoms with Crippen molar-refractivity contribution in [2.75, 3.05) is 0 Å². The normalized spacial score (nSPS) is 23.0. The van der Waals surface area contributed by atoms with Crippen molar-refractivity contribution < 1.29 is 13.5 Å². The van der Waals surface area contributed by atoms with Crippen molar-refractivity contribution in [3.63, 3.8) is 0 Å². The molecule has 0 atom stereocenters. The highest BCUT2D eigenvalue weighted by molar-refractivity contribution is 6.56. The fraction of sp³-hybridized carbons (Fsp3) is 0.333. The number of hydrogen-bond acceptors (Lipinski definition) is 2. The lowest BCUT2D eigenvalue weighted by atomic mass is 9.27. The van der Waals surface area contributed by atoms with Crippen molar-refractivity contribution in [3.05, 3.63) is 29.8 Å². The van der Waals surface area contributed by atoms with Gasteiger partial charge in [0.05, 0.1) is 5.50 Å². The van der Waals surface area contributed by atoms with Gasteiger partial charge in [-0.25, -0.2) is 4.39 Å². The Bertz CT molecular complexity index is 482. The third kappa shape index (κ3) is 1.71. The lowest BCUT2D eigenvalue weighted by Crippen LogP contribution is -2.94. The van der Waals surface area contributed by atoms with Crippen LogP contribution in [0.25, 0.3) is 0 Å². The highest BCUT2D eigenvalue weighted by Gasteiger charge is 2.62. The van der Waals surface area contributed by atoms with Crippen LogP contribution < -0.4 is 10.1 Å². The maximum Gasteiger partial charge on any atom is 0.200 e. The number of halogens is 2. The largest absolute Gasteiger partial charge is 0.493 e. The summed E-state index contributed by atoms with van der Waals surface area (Å²) in [6, 6.07) is 3.98. The molecule has 9 heteroatoms. The number of nitrogens with one attached hydrogen (secondary N) is 1. The quantitative estimate of drug-likeness (QED) is 0.537. The van der Waals surface area contributed by atoms with Crippen molar-refractivity contribution >= 4 is 39.2 Å². The summed E-state index contributed by atoms with van der Waals surface area (Å²) in [6.45, 7) is 0. The average Bonchev–Trinajstić information content (AvgIpc) is 2.22. The van der Waals surface area contributed by atoms with Gasteiger partial charge in [0, 0.05) is 0 Å². The van der Waals surface area contributed by atoms with Crippen molar-refractivity contribution in [1.82, 2.24) is 5.32 Å². The van der Waals surface area contributed by atoms with Crippen LogP contribution in [0.15, 0.2) is 18.2 Å². The topological polar surface area (TPSA) is 21.3 Å². The Morgan fingerprint density at radius 2 is 1.56 bits per heavy atom. The second kappa shape index (κ2) is 3.83. The van der Waals surface area contributed by atoms with Crippen molar-refractivity contribution in [2.45, 2.75) is 16.2 Å². The molecule has 0 bridgehead atoms. The van der Waals surface area contributed by atoms with E-state index < -0.39 is 17.1 Å². The molecule has 0 aromatic heterocycles. The molecule has 1 N–H and O–H groups in total. The van der Waals surface area contributed by atoms with Crippen molar-refractivity contribution in [1.29, 1.82) is 0 Å². The molecule has 1 aliphatic heterocycles. The predicted molar refractivity (Wildman–Crippen MR) is 81.0 cm³/mol. The van der Waals surface area contributed by atoms with Gasteiger partial charge in [0.2, 0.25) is 5.82 Å². The first-order valence-electron chi connectivity index (χ1n) is 6.03. The molecule has 1 aromatic carbocycles. The zero-order valence-electron chi connectivity index (χ0n) is 11.4. The number of benzene rings is 1. The molecule has 1 aliphatic rings. The second-order valence-corrected chi connectivity index (χ2v) is 6.06. The Hall–Kier alpha value is -0.835. The second-order valence-electron chi connectivity index (χ2n) is 6.06. The summed E-state index contributed by atoms with van der Waals surface area (Å²) in [5.41, 5.74) is -0.616. The van der Waals surface area contributed by atoms with Crippen LogP contribution in [0.1, 0.15) is 0 Å². The van der Waals surface area contributed by atoms with Crippen LogP contribution in [0.3, 0.4) is 0 Å². The smallest absolute Gasteiger partial charge is 0.200 e. The molecule has 90 valence electrons. The van der Waals surface area contributed by atoms with E-state index in [-0.39, 0.29) is 16.4 Å².